The fraction of sp³-hybridized carbons (Fsp3) is 0.467. The molecule has 0 saturated heterocycles. The van der Waals surface area contributed by atoms with Gasteiger partial charge in [0.1, 0.15) is 0 Å². The molecule has 0 amide bonds. The molecule has 2 aromatic rings. The van der Waals surface area contributed by atoms with E-state index in [-0.39, 0.29) is 0 Å². The van der Waals surface area contributed by atoms with Crippen molar-refractivity contribution >= 4 is 15.9 Å². The molecule has 0 aliphatic rings. The van der Waals surface area contributed by atoms with E-state index in [0.717, 1.165) is 35.6 Å². The summed E-state index contributed by atoms with van der Waals surface area (Å²) in [5.41, 5.74) is 1.18. The molecule has 1 N–H and O–H groups in total. The Bertz CT molecular complexity index is 522. The summed E-state index contributed by atoms with van der Waals surface area (Å²) < 4.78 is 6.35. The fourth-order valence-corrected chi connectivity index (χ4v) is 2.14. The molecule has 0 unspecified atom stereocenters. The maximum absolute atomic E-state index is 5.27. The van der Waals surface area contributed by atoms with Gasteiger partial charge < -0.3 is 9.84 Å². The van der Waals surface area contributed by atoms with E-state index in [4.69, 9.17) is 4.52 Å². The quantitative estimate of drug-likeness (QED) is 0.787. The minimum absolute atomic E-state index is 0.519. The third kappa shape index (κ3) is 5.06. The fourth-order valence-electron chi connectivity index (χ4n) is 1.88. The van der Waals surface area contributed by atoms with Gasteiger partial charge in [0.25, 0.3) is 0 Å². The van der Waals surface area contributed by atoms with Gasteiger partial charge in [0.15, 0.2) is 5.82 Å². The average molecular weight is 338 g/mol. The Morgan fingerprint density at radius 2 is 2.00 bits per heavy atom. The molecule has 108 valence electrons. The highest BCUT2D eigenvalue weighted by Gasteiger charge is 2.07. The van der Waals surface area contributed by atoms with Crippen molar-refractivity contribution in [2.75, 3.05) is 6.54 Å². The lowest BCUT2D eigenvalue weighted by Crippen LogP contribution is -2.23. The van der Waals surface area contributed by atoms with Crippen LogP contribution in [-0.2, 0) is 12.8 Å². The topological polar surface area (TPSA) is 51.0 Å². The summed E-state index contributed by atoms with van der Waals surface area (Å²) >= 11 is 3.42. The summed E-state index contributed by atoms with van der Waals surface area (Å²) in [7, 11) is 0. The molecule has 0 bridgehead atoms. The van der Waals surface area contributed by atoms with Crippen molar-refractivity contribution in [1.29, 1.82) is 0 Å². The highest BCUT2D eigenvalue weighted by molar-refractivity contribution is 9.10. The minimum Gasteiger partial charge on any atom is -0.339 e. The van der Waals surface area contributed by atoms with Gasteiger partial charge in [-0.05, 0) is 30.7 Å². The summed E-state index contributed by atoms with van der Waals surface area (Å²) in [4.78, 5) is 4.43. The second-order valence-corrected chi connectivity index (χ2v) is 6.04. The van der Waals surface area contributed by atoms with Crippen LogP contribution in [0.15, 0.2) is 33.3 Å². The van der Waals surface area contributed by atoms with Crippen molar-refractivity contribution in [2.45, 2.75) is 39.2 Å². The number of benzene rings is 1. The Hall–Kier alpha value is -1.20. The molecule has 1 heterocycles. The lowest BCUT2D eigenvalue weighted by molar-refractivity contribution is 0.369. The number of halogens is 1. The number of nitrogens with one attached hydrogen (secondary N) is 1. The van der Waals surface area contributed by atoms with E-state index in [1.165, 1.54) is 5.56 Å². The predicted molar refractivity (Wildman–Crippen MR) is 82.7 cm³/mol. The summed E-state index contributed by atoms with van der Waals surface area (Å²) in [6.45, 7) is 5.26. The first-order valence-electron chi connectivity index (χ1n) is 6.93. The van der Waals surface area contributed by atoms with E-state index >= 15 is 0 Å². The predicted octanol–water partition coefficient (Wildman–Crippen LogP) is 3.35. The molecular weight excluding hydrogens is 318 g/mol. The second-order valence-electron chi connectivity index (χ2n) is 5.12. The molecule has 0 aliphatic carbocycles. The number of aromatic nitrogens is 2. The summed E-state index contributed by atoms with van der Waals surface area (Å²) in [6.07, 6.45) is 2.55. The van der Waals surface area contributed by atoms with Crippen LogP contribution in [0.5, 0.6) is 0 Å². The monoisotopic (exact) mass is 337 g/mol. The van der Waals surface area contributed by atoms with Crippen molar-refractivity contribution in [2.24, 2.45) is 0 Å². The molecule has 1 aromatic heterocycles. The number of nitrogens with zero attached hydrogens (tertiary/aromatic N) is 2. The number of aryl methyl sites for hydroxylation is 1. The molecule has 0 spiro atoms. The van der Waals surface area contributed by atoms with Crippen LogP contribution in [0.3, 0.4) is 0 Å². The lowest BCUT2D eigenvalue weighted by atomic mass is 10.1. The van der Waals surface area contributed by atoms with Crippen LogP contribution in [0.1, 0.15) is 37.5 Å². The first-order chi connectivity index (χ1) is 9.63. The van der Waals surface area contributed by atoms with Crippen LogP contribution in [0, 0.1) is 0 Å². The highest BCUT2D eigenvalue weighted by Crippen LogP contribution is 2.13. The van der Waals surface area contributed by atoms with Crippen molar-refractivity contribution in [3.05, 3.63) is 46.0 Å². The number of hydrogen-bond acceptors (Lipinski definition) is 4. The number of rotatable bonds is 7. The van der Waals surface area contributed by atoms with Crippen molar-refractivity contribution in [3.63, 3.8) is 0 Å². The first-order valence-corrected chi connectivity index (χ1v) is 7.72. The van der Waals surface area contributed by atoms with E-state index in [9.17, 15) is 0 Å². The molecule has 2 rings (SSSR count). The second kappa shape index (κ2) is 7.55. The largest absolute Gasteiger partial charge is 0.339 e. The first kappa shape index (κ1) is 15.2. The Balaban J connectivity index is 1.81. The van der Waals surface area contributed by atoms with Crippen LogP contribution >= 0.6 is 15.9 Å². The van der Waals surface area contributed by atoms with Crippen LogP contribution in [0.25, 0.3) is 0 Å². The Labute approximate surface area is 128 Å². The van der Waals surface area contributed by atoms with Gasteiger partial charge in [-0.1, -0.05) is 47.1 Å². The van der Waals surface area contributed by atoms with Gasteiger partial charge in [-0.15, -0.1) is 0 Å². The molecule has 20 heavy (non-hydrogen) atoms. The highest BCUT2D eigenvalue weighted by atomic mass is 79.9. The van der Waals surface area contributed by atoms with Crippen LogP contribution in [0.4, 0.5) is 0 Å². The standard InChI is InChI=1S/C15H20BrN3O/c1-11(2)17-9-3-4-15-18-14(19-20-15)10-12-5-7-13(16)8-6-12/h5-8,11,17H,3-4,9-10H2,1-2H3. The Morgan fingerprint density at radius 1 is 1.25 bits per heavy atom. The SMILES string of the molecule is CC(C)NCCCc1nc(Cc2ccc(Br)cc2)no1. The summed E-state index contributed by atoms with van der Waals surface area (Å²) in [5.74, 6) is 1.47. The molecule has 0 fully saturated rings. The maximum Gasteiger partial charge on any atom is 0.226 e. The normalized spacial score (nSPS) is 11.2. The van der Waals surface area contributed by atoms with Gasteiger partial charge in [-0.25, -0.2) is 0 Å². The molecule has 0 saturated carbocycles. The molecule has 5 heteroatoms. The van der Waals surface area contributed by atoms with E-state index in [1.54, 1.807) is 0 Å². The van der Waals surface area contributed by atoms with Gasteiger partial charge in [0.2, 0.25) is 5.89 Å². The van der Waals surface area contributed by atoms with E-state index in [2.05, 4.69) is 57.4 Å². The maximum atomic E-state index is 5.27. The zero-order valence-corrected chi connectivity index (χ0v) is 13.5. The summed E-state index contributed by atoms with van der Waals surface area (Å²) in [6, 6.07) is 8.69. The van der Waals surface area contributed by atoms with Gasteiger partial charge in [-0.3, -0.25) is 0 Å². The van der Waals surface area contributed by atoms with Gasteiger partial charge in [-0.2, -0.15) is 4.98 Å². The lowest BCUT2D eigenvalue weighted by Gasteiger charge is -2.05. The molecule has 1 aromatic carbocycles. The Kier molecular flexibility index (Phi) is 5.73. The van der Waals surface area contributed by atoms with Crippen molar-refractivity contribution in [3.8, 4) is 0 Å². The van der Waals surface area contributed by atoms with E-state index in [0.29, 0.717) is 12.5 Å². The van der Waals surface area contributed by atoms with Crippen molar-refractivity contribution < 1.29 is 4.52 Å². The molecule has 0 atom stereocenters. The third-order valence-electron chi connectivity index (χ3n) is 2.91. The van der Waals surface area contributed by atoms with Crippen LogP contribution < -0.4 is 5.32 Å². The van der Waals surface area contributed by atoms with E-state index in [1.807, 2.05) is 12.1 Å². The molecule has 0 aliphatic heterocycles. The third-order valence-corrected chi connectivity index (χ3v) is 3.43. The average Bonchev–Trinajstić information content (AvgIpc) is 2.85. The zero-order valence-electron chi connectivity index (χ0n) is 11.9. The zero-order chi connectivity index (χ0) is 14.4. The van der Waals surface area contributed by atoms with Gasteiger partial charge >= 0.3 is 0 Å². The smallest absolute Gasteiger partial charge is 0.226 e. The molecule has 4 nitrogen and oxygen atoms in total. The van der Waals surface area contributed by atoms with Crippen LogP contribution in [-0.4, -0.2) is 22.7 Å². The van der Waals surface area contributed by atoms with Crippen LogP contribution in [0.2, 0.25) is 0 Å². The summed E-state index contributed by atoms with van der Waals surface area (Å²) in [5, 5.41) is 7.40. The molecular formula is C15H20BrN3O. The van der Waals surface area contributed by atoms with E-state index < -0.39 is 0 Å². The van der Waals surface area contributed by atoms with Gasteiger partial charge in [0, 0.05) is 23.4 Å². The molecule has 0 radical (unpaired) electrons. The minimum atomic E-state index is 0.519. The van der Waals surface area contributed by atoms with Crippen molar-refractivity contribution in [1.82, 2.24) is 15.5 Å². The number of hydrogen-bond donors (Lipinski definition) is 1. The Morgan fingerprint density at radius 3 is 2.70 bits per heavy atom. The van der Waals surface area contributed by atoms with Gasteiger partial charge in [0.05, 0.1) is 0 Å².